The number of aliphatic hydroxyl groups is 1. The normalized spacial score (nSPS) is 10.6. The number of hydrogen-bond acceptors (Lipinski definition) is 2. The van der Waals surface area contributed by atoms with Gasteiger partial charge in [0.1, 0.15) is 12.4 Å². The van der Waals surface area contributed by atoms with Crippen molar-refractivity contribution >= 4 is 15.9 Å². The lowest BCUT2D eigenvalue weighted by Crippen LogP contribution is -2.07. The van der Waals surface area contributed by atoms with Gasteiger partial charge in [0.15, 0.2) is 0 Å². The zero-order valence-corrected chi connectivity index (χ0v) is 8.80. The molecule has 0 heterocycles. The third-order valence-electron chi connectivity index (χ3n) is 1.49. The van der Waals surface area contributed by atoms with Crippen molar-refractivity contribution in [2.24, 2.45) is 0 Å². The average Bonchev–Trinajstić information content (AvgIpc) is 2.14. The van der Waals surface area contributed by atoms with E-state index in [1.165, 1.54) is 6.07 Å². The predicted molar refractivity (Wildman–Crippen MR) is 51.6 cm³/mol. The number of hydrogen-bond donors (Lipinski definition) is 1. The van der Waals surface area contributed by atoms with Gasteiger partial charge in [-0.15, -0.1) is 0 Å². The summed E-state index contributed by atoms with van der Waals surface area (Å²) in [6, 6.07) is 4.78. The molecular formula is C9H9BrF2O2. The van der Waals surface area contributed by atoms with E-state index in [4.69, 9.17) is 9.84 Å². The second-order valence-electron chi connectivity index (χ2n) is 2.66. The maximum Gasteiger partial charge on any atom is 0.272 e. The van der Waals surface area contributed by atoms with E-state index in [-0.39, 0.29) is 6.61 Å². The van der Waals surface area contributed by atoms with E-state index in [0.29, 0.717) is 15.8 Å². The SMILES string of the molecule is OCc1cc(Br)cc(OCC(F)F)c1. The first-order valence-electron chi connectivity index (χ1n) is 3.93. The summed E-state index contributed by atoms with van der Waals surface area (Å²) in [5.74, 6) is 0.323. The molecule has 0 aromatic heterocycles. The summed E-state index contributed by atoms with van der Waals surface area (Å²) >= 11 is 3.18. The highest BCUT2D eigenvalue weighted by atomic mass is 79.9. The van der Waals surface area contributed by atoms with Crippen molar-refractivity contribution in [1.82, 2.24) is 0 Å². The maximum atomic E-state index is 11.8. The zero-order valence-electron chi connectivity index (χ0n) is 7.21. The molecule has 1 N–H and O–H groups in total. The van der Waals surface area contributed by atoms with Gasteiger partial charge >= 0.3 is 0 Å². The van der Waals surface area contributed by atoms with Gasteiger partial charge in [0.05, 0.1) is 6.61 Å². The highest BCUT2D eigenvalue weighted by Crippen LogP contribution is 2.21. The number of benzene rings is 1. The second kappa shape index (κ2) is 5.26. The first-order valence-corrected chi connectivity index (χ1v) is 4.72. The number of alkyl halides is 2. The highest BCUT2D eigenvalue weighted by Gasteiger charge is 2.05. The Balaban J connectivity index is 2.71. The lowest BCUT2D eigenvalue weighted by atomic mass is 10.2. The Bertz CT molecular complexity index is 305. The largest absolute Gasteiger partial charge is 0.488 e. The van der Waals surface area contributed by atoms with Gasteiger partial charge in [0.25, 0.3) is 6.43 Å². The molecule has 1 aromatic rings. The van der Waals surface area contributed by atoms with Crippen LogP contribution in [-0.4, -0.2) is 18.1 Å². The standard InChI is InChI=1S/C9H9BrF2O2/c10-7-1-6(4-13)2-8(3-7)14-5-9(11)12/h1-3,9,13H,4-5H2. The van der Waals surface area contributed by atoms with Gasteiger partial charge in [-0.05, 0) is 23.8 Å². The Morgan fingerprint density at radius 1 is 1.36 bits per heavy atom. The fraction of sp³-hybridized carbons (Fsp3) is 0.333. The Morgan fingerprint density at radius 2 is 2.07 bits per heavy atom. The first kappa shape index (κ1) is 11.4. The minimum Gasteiger partial charge on any atom is -0.488 e. The summed E-state index contributed by atoms with van der Waals surface area (Å²) in [7, 11) is 0. The fourth-order valence-electron chi connectivity index (χ4n) is 0.955. The van der Waals surface area contributed by atoms with Gasteiger partial charge in [0.2, 0.25) is 0 Å². The van der Waals surface area contributed by atoms with Crippen molar-refractivity contribution in [3.63, 3.8) is 0 Å². The van der Waals surface area contributed by atoms with E-state index in [1.54, 1.807) is 12.1 Å². The Hall–Kier alpha value is -0.680. The van der Waals surface area contributed by atoms with Crippen LogP contribution in [0.2, 0.25) is 0 Å². The quantitative estimate of drug-likeness (QED) is 0.908. The number of rotatable bonds is 4. The summed E-state index contributed by atoms with van der Waals surface area (Å²) in [6.07, 6.45) is -2.49. The summed E-state index contributed by atoms with van der Waals surface area (Å²) < 4.78 is 29.1. The molecule has 0 aliphatic carbocycles. The summed E-state index contributed by atoms with van der Waals surface area (Å²) in [4.78, 5) is 0. The third-order valence-corrected chi connectivity index (χ3v) is 1.95. The Morgan fingerprint density at radius 3 is 2.64 bits per heavy atom. The van der Waals surface area contributed by atoms with Crippen LogP contribution >= 0.6 is 15.9 Å². The van der Waals surface area contributed by atoms with Crippen molar-refractivity contribution in [2.75, 3.05) is 6.61 Å². The molecule has 0 aliphatic rings. The summed E-state index contributed by atoms with van der Waals surface area (Å²) in [5, 5.41) is 8.84. The number of aliphatic hydroxyl groups excluding tert-OH is 1. The molecule has 0 saturated carbocycles. The van der Waals surface area contributed by atoms with Crippen molar-refractivity contribution in [2.45, 2.75) is 13.0 Å². The Labute approximate surface area is 88.6 Å². The molecule has 2 nitrogen and oxygen atoms in total. The molecule has 0 amide bonds. The second-order valence-corrected chi connectivity index (χ2v) is 3.57. The van der Waals surface area contributed by atoms with E-state index in [1.807, 2.05) is 0 Å². The van der Waals surface area contributed by atoms with Crippen molar-refractivity contribution in [3.8, 4) is 5.75 Å². The van der Waals surface area contributed by atoms with E-state index in [2.05, 4.69) is 15.9 Å². The molecule has 0 bridgehead atoms. The molecule has 0 saturated heterocycles. The zero-order chi connectivity index (χ0) is 10.6. The van der Waals surface area contributed by atoms with Crippen LogP contribution in [-0.2, 0) is 6.61 Å². The van der Waals surface area contributed by atoms with Crippen LogP contribution in [0, 0.1) is 0 Å². The molecule has 0 unspecified atom stereocenters. The van der Waals surface area contributed by atoms with Crippen molar-refractivity contribution in [3.05, 3.63) is 28.2 Å². The van der Waals surface area contributed by atoms with Gasteiger partial charge in [0, 0.05) is 4.47 Å². The van der Waals surface area contributed by atoms with Crippen LogP contribution in [0.1, 0.15) is 5.56 Å². The molecular weight excluding hydrogens is 258 g/mol. The molecule has 0 fully saturated rings. The first-order chi connectivity index (χ1) is 6.61. The van der Waals surface area contributed by atoms with Gasteiger partial charge in [-0.25, -0.2) is 8.78 Å². The van der Waals surface area contributed by atoms with E-state index in [0.717, 1.165) is 0 Å². The van der Waals surface area contributed by atoms with E-state index >= 15 is 0 Å². The highest BCUT2D eigenvalue weighted by molar-refractivity contribution is 9.10. The monoisotopic (exact) mass is 266 g/mol. The van der Waals surface area contributed by atoms with Crippen LogP contribution in [0.25, 0.3) is 0 Å². The lowest BCUT2D eigenvalue weighted by molar-refractivity contribution is 0.0818. The molecule has 1 rings (SSSR count). The molecule has 0 aliphatic heterocycles. The van der Waals surface area contributed by atoms with E-state index in [9.17, 15) is 8.78 Å². The minimum absolute atomic E-state index is 0.148. The van der Waals surface area contributed by atoms with Gasteiger partial charge in [-0.2, -0.15) is 0 Å². The molecule has 0 spiro atoms. The van der Waals surface area contributed by atoms with E-state index < -0.39 is 13.0 Å². The fourth-order valence-corrected chi connectivity index (χ4v) is 1.47. The number of ether oxygens (including phenoxy) is 1. The molecule has 0 radical (unpaired) electrons. The minimum atomic E-state index is -2.49. The van der Waals surface area contributed by atoms with Crippen LogP contribution in [0.3, 0.4) is 0 Å². The Kier molecular flexibility index (Phi) is 4.28. The molecule has 0 atom stereocenters. The van der Waals surface area contributed by atoms with Gasteiger partial charge < -0.3 is 9.84 Å². The predicted octanol–water partition coefficient (Wildman–Crippen LogP) is 2.59. The molecule has 1 aromatic carbocycles. The molecule has 5 heteroatoms. The van der Waals surface area contributed by atoms with Crippen molar-refractivity contribution in [1.29, 1.82) is 0 Å². The third kappa shape index (κ3) is 3.59. The van der Waals surface area contributed by atoms with Gasteiger partial charge in [-0.1, -0.05) is 15.9 Å². The van der Waals surface area contributed by atoms with Crippen LogP contribution in [0.5, 0.6) is 5.75 Å². The van der Waals surface area contributed by atoms with Gasteiger partial charge in [-0.3, -0.25) is 0 Å². The lowest BCUT2D eigenvalue weighted by Gasteiger charge is -2.07. The van der Waals surface area contributed by atoms with Crippen LogP contribution in [0.15, 0.2) is 22.7 Å². The summed E-state index contributed by atoms with van der Waals surface area (Å²) in [5.41, 5.74) is 0.614. The average molecular weight is 267 g/mol. The maximum absolute atomic E-state index is 11.8. The topological polar surface area (TPSA) is 29.5 Å². The van der Waals surface area contributed by atoms with Crippen LogP contribution in [0.4, 0.5) is 8.78 Å². The molecule has 78 valence electrons. The van der Waals surface area contributed by atoms with Crippen LogP contribution < -0.4 is 4.74 Å². The smallest absolute Gasteiger partial charge is 0.272 e. The van der Waals surface area contributed by atoms with Crippen molar-refractivity contribution < 1.29 is 18.6 Å². The number of halogens is 3. The molecule has 14 heavy (non-hydrogen) atoms. The summed E-state index contributed by atoms with van der Waals surface area (Å²) in [6.45, 7) is -0.786.